The highest BCUT2D eigenvalue weighted by molar-refractivity contribution is 6.17. The molecule has 2 aromatic rings. The molecule has 0 saturated heterocycles. The van der Waals surface area contributed by atoms with E-state index in [9.17, 15) is 0 Å². The van der Waals surface area contributed by atoms with Crippen molar-refractivity contribution >= 4 is 11.6 Å². The van der Waals surface area contributed by atoms with E-state index in [0.29, 0.717) is 12.5 Å². The summed E-state index contributed by atoms with van der Waals surface area (Å²) in [6, 6.07) is 8.15. The summed E-state index contributed by atoms with van der Waals surface area (Å²) in [5.74, 6) is 1.31. The second kappa shape index (κ2) is 6.11. The molecule has 1 aromatic carbocycles. The molecule has 0 amide bonds. The van der Waals surface area contributed by atoms with Gasteiger partial charge in [0.2, 0.25) is 0 Å². The van der Waals surface area contributed by atoms with Gasteiger partial charge >= 0.3 is 0 Å². The first-order chi connectivity index (χ1) is 9.13. The summed E-state index contributed by atoms with van der Waals surface area (Å²) in [4.78, 5) is 0. The van der Waals surface area contributed by atoms with Crippen LogP contribution >= 0.6 is 11.6 Å². The van der Waals surface area contributed by atoms with Crippen LogP contribution in [0.4, 0.5) is 0 Å². The lowest BCUT2D eigenvalue weighted by Gasteiger charge is -2.10. The Morgan fingerprint density at radius 3 is 2.74 bits per heavy atom. The van der Waals surface area contributed by atoms with E-state index in [0.717, 1.165) is 29.1 Å². The van der Waals surface area contributed by atoms with Crippen LogP contribution in [0, 0.1) is 6.92 Å². The molecule has 1 aromatic heterocycles. The fourth-order valence-electron chi connectivity index (χ4n) is 1.98. The lowest BCUT2D eigenvalue weighted by molar-refractivity contribution is 0.292. The molecule has 102 valence electrons. The summed E-state index contributed by atoms with van der Waals surface area (Å²) in [5.41, 5.74) is 4.37. The third-order valence-corrected chi connectivity index (χ3v) is 3.41. The molecule has 0 bridgehead atoms. The van der Waals surface area contributed by atoms with Gasteiger partial charge in [0.05, 0.1) is 17.3 Å². The Morgan fingerprint density at radius 1 is 1.32 bits per heavy atom. The molecule has 0 atom stereocenters. The normalized spacial score (nSPS) is 10.7. The molecule has 0 unspecified atom stereocenters. The third kappa shape index (κ3) is 3.29. The molecule has 0 saturated carbocycles. The van der Waals surface area contributed by atoms with Crippen LogP contribution in [0.5, 0.6) is 5.75 Å². The summed E-state index contributed by atoms with van der Waals surface area (Å²) in [7, 11) is 1.94. The van der Waals surface area contributed by atoms with E-state index in [4.69, 9.17) is 16.3 Å². The largest absolute Gasteiger partial charge is 0.487 e. The van der Waals surface area contributed by atoms with Gasteiger partial charge in [0.15, 0.2) is 0 Å². The maximum absolute atomic E-state index is 5.95. The Bertz CT molecular complexity index is 563. The maximum atomic E-state index is 5.95. The highest BCUT2D eigenvalue weighted by atomic mass is 35.5. The number of aryl methyl sites for hydroxylation is 3. The molecule has 0 spiro atoms. The lowest BCUT2D eigenvalue weighted by atomic mass is 10.1. The van der Waals surface area contributed by atoms with Crippen molar-refractivity contribution in [1.82, 2.24) is 9.78 Å². The molecule has 4 heteroatoms. The Kier molecular flexibility index (Phi) is 4.48. The van der Waals surface area contributed by atoms with Gasteiger partial charge in [-0.25, -0.2) is 0 Å². The quantitative estimate of drug-likeness (QED) is 0.781. The predicted molar refractivity (Wildman–Crippen MR) is 77.7 cm³/mol. The summed E-state index contributed by atoms with van der Waals surface area (Å²) in [6.07, 6.45) is 0.936. The molecule has 0 aliphatic heterocycles. The Morgan fingerprint density at radius 2 is 2.11 bits per heavy atom. The number of alkyl halides is 1. The Hall–Kier alpha value is -1.48. The van der Waals surface area contributed by atoms with E-state index in [1.807, 2.05) is 23.9 Å². The van der Waals surface area contributed by atoms with Crippen molar-refractivity contribution in [3.63, 3.8) is 0 Å². The minimum absolute atomic E-state index is 0.461. The SMILES string of the molecule is CCc1cc(COc2ccc(C)cc2CCl)n(C)n1. The van der Waals surface area contributed by atoms with Gasteiger partial charge in [-0.1, -0.05) is 24.6 Å². The van der Waals surface area contributed by atoms with Gasteiger partial charge < -0.3 is 4.74 Å². The Labute approximate surface area is 119 Å². The monoisotopic (exact) mass is 278 g/mol. The second-order valence-electron chi connectivity index (χ2n) is 4.64. The van der Waals surface area contributed by atoms with Gasteiger partial charge in [0.1, 0.15) is 12.4 Å². The molecule has 0 radical (unpaired) electrons. The van der Waals surface area contributed by atoms with Crippen molar-refractivity contribution in [2.24, 2.45) is 7.05 Å². The van der Waals surface area contributed by atoms with E-state index >= 15 is 0 Å². The average molecular weight is 279 g/mol. The molecule has 0 fully saturated rings. The summed E-state index contributed by atoms with van der Waals surface area (Å²) in [5, 5.41) is 4.41. The standard InChI is InChI=1S/C15H19ClN2O/c1-4-13-8-14(18(3)17-13)10-19-15-6-5-11(2)7-12(15)9-16/h5-8H,4,9-10H2,1-3H3. The topological polar surface area (TPSA) is 27.1 Å². The van der Waals surface area contributed by atoms with Crippen molar-refractivity contribution in [3.8, 4) is 5.75 Å². The highest BCUT2D eigenvalue weighted by Gasteiger charge is 2.07. The van der Waals surface area contributed by atoms with E-state index in [2.05, 4.69) is 31.1 Å². The zero-order chi connectivity index (χ0) is 13.8. The van der Waals surface area contributed by atoms with Gasteiger partial charge in [-0.2, -0.15) is 5.10 Å². The molecular formula is C15H19ClN2O. The fraction of sp³-hybridized carbons (Fsp3) is 0.400. The molecule has 0 aliphatic rings. The number of ether oxygens (including phenoxy) is 1. The molecule has 19 heavy (non-hydrogen) atoms. The van der Waals surface area contributed by atoms with E-state index in [-0.39, 0.29) is 0 Å². The number of hydrogen-bond acceptors (Lipinski definition) is 2. The third-order valence-electron chi connectivity index (χ3n) is 3.13. The van der Waals surface area contributed by atoms with Crippen LogP contribution in [0.15, 0.2) is 24.3 Å². The first-order valence-electron chi connectivity index (χ1n) is 6.44. The van der Waals surface area contributed by atoms with Crippen molar-refractivity contribution in [2.45, 2.75) is 32.8 Å². The lowest BCUT2D eigenvalue weighted by Crippen LogP contribution is -2.04. The van der Waals surface area contributed by atoms with Gasteiger partial charge in [0.25, 0.3) is 0 Å². The first kappa shape index (κ1) is 13.9. The number of aromatic nitrogens is 2. The van der Waals surface area contributed by atoms with Crippen molar-refractivity contribution in [2.75, 3.05) is 0 Å². The van der Waals surface area contributed by atoms with E-state index < -0.39 is 0 Å². The van der Waals surface area contributed by atoms with Crippen molar-refractivity contribution in [1.29, 1.82) is 0 Å². The number of rotatable bonds is 5. The van der Waals surface area contributed by atoms with Crippen LogP contribution in [-0.4, -0.2) is 9.78 Å². The molecule has 1 heterocycles. The smallest absolute Gasteiger partial charge is 0.130 e. The van der Waals surface area contributed by atoms with Crippen LogP contribution in [0.1, 0.15) is 29.4 Å². The van der Waals surface area contributed by atoms with Crippen molar-refractivity contribution in [3.05, 3.63) is 46.8 Å². The van der Waals surface area contributed by atoms with Crippen LogP contribution < -0.4 is 4.74 Å². The average Bonchev–Trinajstić information content (AvgIpc) is 2.78. The zero-order valence-corrected chi connectivity index (χ0v) is 12.4. The molecule has 2 rings (SSSR count). The Balaban J connectivity index is 2.11. The maximum Gasteiger partial charge on any atom is 0.130 e. The number of benzene rings is 1. The first-order valence-corrected chi connectivity index (χ1v) is 6.97. The minimum Gasteiger partial charge on any atom is -0.487 e. The van der Waals surface area contributed by atoms with Crippen LogP contribution in [0.25, 0.3) is 0 Å². The van der Waals surface area contributed by atoms with E-state index in [1.165, 1.54) is 5.56 Å². The van der Waals surface area contributed by atoms with Crippen LogP contribution in [-0.2, 0) is 26.0 Å². The molecular weight excluding hydrogens is 260 g/mol. The molecule has 3 nitrogen and oxygen atoms in total. The van der Waals surface area contributed by atoms with Crippen LogP contribution in [0.2, 0.25) is 0 Å². The molecule has 0 aliphatic carbocycles. The van der Waals surface area contributed by atoms with E-state index in [1.54, 1.807) is 0 Å². The fourth-order valence-corrected chi connectivity index (χ4v) is 2.19. The van der Waals surface area contributed by atoms with Crippen molar-refractivity contribution < 1.29 is 4.74 Å². The summed E-state index contributed by atoms with van der Waals surface area (Å²) in [6.45, 7) is 4.66. The predicted octanol–water partition coefficient (Wildman–Crippen LogP) is 3.61. The summed E-state index contributed by atoms with van der Waals surface area (Å²) < 4.78 is 7.73. The number of nitrogens with zero attached hydrogens (tertiary/aromatic N) is 2. The zero-order valence-electron chi connectivity index (χ0n) is 11.6. The number of hydrogen-bond donors (Lipinski definition) is 0. The van der Waals surface area contributed by atoms with Gasteiger partial charge in [-0.05, 0) is 25.5 Å². The van der Waals surface area contributed by atoms with Gasteiger partial charge in [-0.15, -0.1) is 11.6 Å². The van der Waals surface area contributed by atoms with Gasteiger partial charge in [0, 0.05) is 12.6 Å². The number of halogens is 1. The van der Waals surface area contributed by atoms with Crippen LogP contribution in [0.3, 0.4) is 0 Å². The highest BCUT2D eigenvalue weighted by Crippen LogP contribution is 2.23. The second-order valence-corrected chi connectivity index (χ2v) is 4.90. The summed E-state index contributed by atoms with van der Waals surface area (Å²) >= 11 is 5.95. The molecule has 0 N–H and O–H groups in total. The van der Waals surface area contributed by atoms with Gasteiger partial charge in [-0.3, -0.25) is 4.68 Å². The minimum atomic E-state index is 0.461.